The second kappa shape index (κ2) is 12.3. The van der Waals surface area contributed by atoms with E-state index in [0.29, 0.717) is 48.2 Å². The molecule has 7 nitrogen and oxygen atoms in total. The van der Waals surface area contributed by atoms with E-state index in [-0.39, 0.29) is 18.4 Å². The molecule has 3 aromatic rings. The van der Waals surface area contributed by atoms with Gasteiger partial charge in [0.2, 0.25) is 5.91 Å². The molecular weight excluding hydrogens is 490 g/mol. The number of halogens is 1. The average molecular weight is 518 g/mol. The highest BCUT2D eigenvalue weighted by Gasteiger charge is 2.18. The van der Waals surface area contributed by atoms with Gasteiger partial charge >= 0.3 is 0 Å². The van der Waals surface area contributed by atoms with Gasteiger partial charge in [-0.25, -0.2) is 0 Å². The number of benzene rings is 2. The standard InChI is InChI=1S/C29H28ClN3O4/c1-3-20(18-31-4-2)5-10-27(34)32-19-25-16-24-15-23(17-26(30)28(24)37-25)21-6-8-22(9-7-21)29(35)33-11-13-36-14-12-33/h3-10,15-18H,2,11-14,19H2,1H3,(H,32,34)/b10-5+,20-3-,31-18?. The lowest BCUT2D eigenvalue weighted by molar-refractivity contribution is -0.116. The summed E-state index contributed by atoms with van der Waals surface area (Å²) in [5.74, 6) is 0.332. The molecule has 0 unspecified atom stereocenters. The van der Waals surface area contributed by atoms with Gasteiger partial charge in [-0.3, -0.25) is 14.6 Å². The Labute approximate surface area is 220 Å². The van der Waals surface area contributed by atoms with Crippen molar-refractivity contribution in [1.29, 1.82) is 0 Å². The second-order valence-electron chi connectivity index (χ2n) is 8.37. The van der Waals surface area contributed by atoms with E-state index < -0.39 is 0 Å². The molecule has 0 spiro atoms. The molecule has 1 aromatic heterocycles. The fourth-order valence-corrected chi connectivity index (χ4v) is 4.19. The number of aliphatic imine (C=N–C) groups is 1. The van der Waals surface area contributed by atoms with Gasteiger partial charge in [-0.15, -0.1) is 0 Å². The van der Waals surface area contributed by atoms with Crippen molar-refractivity contribution >= 4 is 40.6 Å². The number of nitrogens with one attached hydrogen (secondary N) is 1. The van der Waals surface area contributed by atoms with Crippen LogP contribution in [0, 0.1) is 0 Å². The largest absolute Gasteiger partial charge is 0.458 e. The Morgan fingerprint density at radius 3 is 2.57 bits per heavy atom. The van der Waals surface area contributed by atoms with Crippen molar-refractivity contribution in [3.05, 3.63) is 95.4 Å². The van der Waals surface area contributed by atoms with Gasteiger partial charge in [0.15, 0.2) is 5.58 Å². The number of rotatable bonds is 8. The molecule has 0 bridgehead atoms. The number of hydrogen-bond acceptors (Lipinski definition) is 5. The molecule has 1 fully saturated rings. The van der Waals surface area contributed by atoms with Gasteiger partial charge in [0.25, 0.3) is 5.91 Å². The van der Waals surface area contributed by atoms with Crippen LogP contribution in [-0.4, -0.2) is 49.2 Å². The van der Waals surface area contributed by atoms with E-state index in [2.05, 4.69) is 16.9 Å². The maximum Gasteiger partial charge on any atom is 0.254 e. The van der Waals surface area contributed by atoms with Crippen LogP contribution in [0.25, 0.3) is 22.1 Å². The van der Waals surface area contributed by atoms with Gasteiger partial charge in [0.05, 0.1) is 24.8 Å². The predicted octanol–water partition coefficient (Wildman–Crippen LogP) is 5.56. The Kier molecular flexibility index (Phi) is 8.72. The van der Waals surface area contributed by atoms with E-state index in [1.54, 1.807) is 17.2 Å². The first-order chi connectivity index (χ1) is 18.0. The lowest BCUT2D eigenvalue weighted by Crippen LogP contribution is -2.40. The molecule has 37 heavy (non-hydrogen) atoms. The number of ether oxygens (including phenoxy) is 1. The number of carbonyl (C=O) groups is 2. The van der Waals surface area contributed by atoms with Crippen molar-refractivity contribution in [2.24, 2.45) is 4.99 Å². The third-order valence-corrected chi connectivity index (χ3v) is 6.19. The minimum atomic E-state index is -0.259. The second-order valence-corrected chi connectivity index (χ2v) is 8.78. The molecule has 1 saturated heterocycles. The van der Waals surface area contributed by atoms with Crippen LogP contribution >= 0.6 is 11.6 Å². The molecule has 0 radical (unpaired) electrons. The maximum absolute atomic E-state index is 12.7. The summed E-state index contributed by atoms with van der Waals surface area (Å²) in [4.78, 5) is 30.7. The van der Waals surface area contributed by atoms with Crippen LogP contribution in [0.4, 0.5) is 0 Å². The van der Waals surface area contributed by atoms with Crippen LogP contribution in [0.15, 0.2) is 88.5 Å². The normalized spacial score (nSPS) is 14.5. The van der Waals surface area contributed by atoms with Crippen LogP contribution < -0.4 is 5.32 Å². The van der Waals surface area contributed by atoms with E-state index in [1.807, 2.05) is 55.5 Å². The van der Waals surface area contributed by atoms with Crippen molar-refractivity contribution in [3.8, 4) is 11.1 Å². The molecule has 8 heteroatoms. The number of hydrogen-bond donors (Lipinski definition) is 1. The first kappa shape index (κ1) is 26.1. The molecular formula is C29H28ClN3O4. The summed E-state index contributed by atoms with van der Waals surface area (Å²) in [6.07, 6.45) is 7.99. The van der Waals surface area contributed by atoms with E-state index in [9.17, 15) is 9.59 Å². The minimum absolute atomic E-state index is 0.00605. The van der Waals surface area contributed by atoms with Crippen molar-refractivity contribution in [2.45, 2.75) is 13.5 Å². The molecule has 1 aliphatic heterocycles. The average Bonchev–Trinajstić information content (AvgIpc) is 3.36. The van der Waals surface area contributed by atoms with Crippen LogP contribution in [0.3, 0.4) is 0 Å². The number of furan rings is 1. The predicted molar refractivity (Wildman–Crippen MR) is 147 cm³/mol. The number of allylic oxidation sites excluding steroid dienone is 3. The molecule has 2 amide bonds. The molecule has 4 rings (SSSR count). The Morgan fingerprint density at radius 1 is 1.11 bits per heavy atom. The molecule has 1 N–H and O–H groups in total. The Bertz CT molecular complexity index is 1380. The van der Waals surface area contributed by atoms with Gasteiger partial charge in [0, 0.05) is 42.5 Å². The molecule has 0 saturated carbocycles. The van der Waals surface area contributed by atoms with E-state index in [1.165, 1.54) is 12.3 Å². The highest BCUT2D eigenvalue weighted by atomic mass is 35.5. The molecule has 0 atom stereocenters. The zero-order valence-corrected chi connectivity index (χ0v) is 21.3. The zero-order chi connectivity index (χ0) is 26.2. The maximum atomic E-state index is 12.7. The van der Waals surface area contributed by atoms with E-state index in [4.69, 9.17) is 20.8 Å². The van der Waals surface area contributed by atoms with Gasteiger partial charge in [0.1, 0.15) is 5.76 Å². The smallest absolute Gasteiger partial charge is 0.254 e. The summed E-state index contributed by atoms with van der Waals surface area (Å²) in [6, 6.07) is 13.2. The summed E-state index contributed by atoms with van der Waals surface area (Å²) in [6.45, 7) is 7.95. The zero-order valence-electron chi connectivity index (χ0n) is 20.6. The first-order valence-electron chi connectivity index (χ1n) is 11.9. The van der Waals surface area contributed by atoms with Gasteiger partial charge < -0.3 is 19.4 Å². The highest BCUT2D eigenvalue weighted by Crippen LogP contribution is 2.33. The molecule has 190 valence electrons. The first-order valence-corrected chi connectivity index (χ1v) is 12.3. The number of carbonyl (C=O) groups excluding carboxylic acids is 2. The van der Waals surface area contributed by atoms with Gasteiger partial charge in [-0.1, -0.05) is 36.4 Å². The molecule has 1 aliphatic rings. The van der Waals surface area contributed by atoms with Crippen molar-refractivity contribution < 1.29 is 18.7 Å². The van der Waals surface area contributed by atoms with Crippen LogP contribution in [0.5, 0.6) is 0 Å². The Balaban J connectivity index is 1.44. The Hall–Kier alpha value is -3.94. The fraction of sp³-hybridized carbons (Fsp3) is 0.207. The van der Waals surface area contributed by atoms with Crippen molar-refractivity contribution in [2.75, 3.05) is 26.3 Å². The quantitative estimate of drug-likeness (QED) is 0.241. The van der Waals surface area contributed by atoms with Gasteiger partial charge in [-0.2, -0.15) is 0 Å². The van der Waals surface area contributed by atoms with Crippen molar-refractivity contribution in [3.63, 3.8) is 0 Å². The van der Waals surface area contributed by atoms with Crippen LogP contribution in [-0.2, 0) is 16.1 Å². The molecule has 2 aromatic carbocycles. The monoisotopic (exact) mass is 517 g/mol. The number of nitrogens with zero attached hydrogens (tertiary/aromatic N) is 2. The van der Waals surface area contributed by atoms with Crippen LogP contribution in [0.1, 0.15) is 23.0 Å². The number of morpholine rings is 1. The summed E-state index contributed by atoms with van der Waals surface area (Å²) in [7, 11) is 0. The van der Waals surface area contributed by atoms with Gasteiger partial charge in [-0.05, 0) is 60.0 Å². The summed E-state index contributed by atoms with van der Waals surface area (Å²) in [5, 5.41) is 4.10. The number of amides is 2. The third kappa shape index (κ3) is 6.64. The minimum Gasteiger partial charge on any atom is -0.458 e. The van der Waals surface area contributed by atoms with Crippen LogP contribution in [0.2, 0.25) is 5.02 Å². The highest BCUT2D eigenvalue weighted by molar-refractivity contribution is 6.35. The lowest BCUT2D eigenvalue weighted by atomic mass is 10.0. The molecule has 0 aliphatic carbocycles. The summed E-state index contributed by atoms with van der Waals surface area (Å²) >= 11 is 6.52. The van der Waals surface area contributed by atoms with E-state index >= 15 is 0 Å². The summed E-state index contributed by atoms with van der Waals surface area (Å²) in [5.41, 5.74) is 3.83. The van der Waals surface area contributed by atoms with E-state index in [0.717, 1.165) is 22.1 Å². The number of fused-ring (bicyclic) bond motifs is 1. The fourth-order valence-electron chi connectivity index (χ4n) is 3.93. The topological polar surface area (TPSA) is 84.1 Å². The Morgan fingerprint density at radius 2 is 1.86 bits per heavy atom. The lowest BCUT2D eigenvalue weighted by Gasteiger charge is -2.26. The summed E-state index contributed by atoms with van der Waals surface area (Å²) < 4.78 is 11.2. The molecule has 2 heterocycles. The SMILES string of the molecule is C=CN=CC(=C\C)/C=C/C(=O)NCc1cc2cc(-c3ccc(C(=O)N4CCOCC4)cc3)cc(Cl)c2o1. The van der Waals surface area contributed by atoms with Crippen molar-refractivity contribution in [1.82, 2.24) is 10.2 Å². The third-order valence-electron chi connectivity index (χ3n) is 5.91.